The van der Waals surface area contributed by atoms with Crippen LogP contribution >= 0.6 is 0 Å². The molecule has 3 aliphatic rings. The molecule has 10 nitrogen and oxygen atoms in total. The molecule has 0 spiro atoms. The Balaban J connectivity index is 1.09. The largest absolute Gasteiger partial charge is 0.497 e. The second-order valence-corrected chi connectivity index (χ2v) is 10.4. The van der Waals surface area contributed by atoms with Crippen LogP contribution < -0.4 is 19.7 Å². The van der Waals surface area contributed by atoms with Gasteiger partial charge >= 0.3 is 6.03 Å². The lowest BCUT2D eigenvalue weighted by Gasteiger charge is -2.38. The molecule has 0 unspecified atom stereocenters. The highest BCUT2D eigenvalue weighted by Gasteiger charge is 2.30. The van der Waals surface area contributed by atoms with Crippen molar-refractivity contribution in [3.05, 3.63) is 59.4 Å². The topological polar surface area (TPSA) is 116 Å². The highest BCUT2D eigenvalue weighted by molar-refractivity contribution is 5.96. The Kier molecular flexibility index (Phi) is 6.95. The summed E-state index contributed by atoms with van der Waals surface area (Å²) in [6.07, 6.45) is 5.01. The maximum absolute atomic E-state index is 13.1. The number of anilines is 2. The monoisotopic (exact) mass is 537 g/mol. The summed E-state index contributed by atoms with van der Waals surface area (Å²) in [6, 6.07) is 13.9. The number of aromatic nitrogens is 2. The van der Waals surface area contributed by atoms with Crippen LogP contribution in [0.2, 0.25) is 0 Å². The Morgan fingerprint density at radius 2 is 1.90 bits per heavy atom. The minimum Gasteiger partial charge on any atom is -0.497 e. The van der Waals surface area contributed by atoms with Crippen LogP contribution in [-0.2, 0) is 12.8 Å². The number of aliphatic imine (C=N–C) groups is 1. The standard InChI is InChI=1S/C30H31N7O3/c1-19-13-25(16-21-14-22(5-9-31)34-29(19)21)40-28-17-27(32-18-33-28)36-10-7-23(8-11-36)37-12-6-20-15-24(39-2)3-4-26(20)35-30(37)38/h3-4,13,15-18,23H,5-8,10-12,14H2,1-2H3,(H,35,38). The molecule has 1 fully saturated rings. The smallest absolute Gasteiger partial charge is 0.322 e. The van der Waals surface area contributed by atoms with Crippen molar-refractivity contribution in [2.24, 2.45) is 4.99 Å². The van der Waals surface area contributed by atoms with Gasteiger partial charge in [0.25, 0.3) is 0 Å². The third kappa shape index (κ3) is 5.15. The van der Waals surface area contributed by atoms with Gasteiger partial charge in [0.15, 0.2) is 0 Å². The zero-order valence-corrected chi connectivity index (χ0v) is 22.7. The number of hydrogen-bond donors (Lipinski definition) is 1. The van der Waals surface area contributed by atoms with Gasteiger partial charge in [0.05, 0.1) is 25.3 Å². The van der Waals surface area contributed by atoms with Crippen LogP contribution in [0, 0.1) is 18.3 Å². The van der Waals surface area contributed by atoms with Gasteiger partial charge in [-0.25, -0.2) is 14.8 Å². The molecule has 0 atom stereocenters. The van der Waals surface area contributed by atoms with Crippen molar-refractivity contribution < 1.29 is 14.3 Å². The third-order valence-corrected chi connectivity index (χ3v) is 7.82. The fourth-order valence-corrected chi connectivity index (χ4v) is 5.77. The van der Waals surface area contributed by atoms with Gasteiger partial charge in [-0.2, -0.15) is 5.26 Å². The second-order valence-electron chi connectivity index (χ2n) is 10.4. The van der Waals surface area contributed by atoms with E-state index in [4.69, 9.17) is 14.7 Å². The Bertz CT molecular complexity index is 1520. The van der Waals surface area contributed by atoms with E-state index in [0.29, 0.717) is 31.0 Å². The van der Waals surface area contributed by atoms with E-state index >= 15 is 0 Å². The predicted octanol–water partition coefficient (Wildman–Crippen LogP) is 5.19. The molecule has 40 heavy (non-hydrogen) atoms. The number of nitriles is 1. The summed E-state index contributed by atoms with van der Waals surface area (Å²) in [5, 5.41) is 12.1. The number of piperidine rings is 1. The Morgan fingerprint density at radius 3 is 2.70 bits per heavy atom. The molecule has 1 N–H and O–H groups in total. The lowest BCUT2D eigenvalue weighted by Crippen LogP contribution is -2.49. The molecule has 204 valence electrons. The molecule has 4 heterocycles. The van der Waals surface area contributed by atoms with E-state index in [0.717, 1.165) is 77.7 Å². The van der Waals surface area contributed by atoms with Crippen molar-refractivity contribution in [2.45, 2.75) is 45.1 Å². The zero-order valence-electron chi connectivity index (χ0n) is 22.7. The number of rotatable bonds is 6. The van der Waals surface area contributed by atoms with Crippen LogP contribution in [0.3, 0.4) is 0 Å². The normalized spacial score (nSPS) is 16.8. The molecule has 1 aromatic heterocycles. The number of ether oxygens (including phenoxy) is 2. The Labute approximate surface area is 233 Å². The quantitative estimate of drug-likeness (QED) is 0.460. The van der Waals surface area contributed by atoms with E-state index in [1.807, 2.05) is 48.2 Å². The molecule has 6 rings (SSSR count). The maximum atomic E-state index is 13.1. The van der Waals surface area contributed by atoms with Crippen LogP contribution in [0.5, 0.6) is 17.4 Å². The zero-order chi connectivity index (χ0) is 27.6. The number of carbonyl (C=O) groups excluding carboxylic acids is 1. The average molecular weight is 538 g/mol. The first-order valence-corrected chi connectivity index (χ1v) is 13.6. The molecule has 1 saturated heterocycles. The third-order valence-electron chi connectivity index (χ3n) is 7.82. The molecular weight excluding hydrogens is 506 g/mol. The van der Waals surface area contributed by atoms with Gasteiger partial charge in [-0.1, -0.05) is 0 Å². The first kappa shape index (κ1) is 25.6. The van der Waals surface area contributed by atoms with Crippen molar-refractivity contribution in [1.82, 2.24) is 14.9 Å². The molecule has 0 radical (unpaired) electrons. The van der Waals surface area contributed by atoms with Crippen molar-refractivity contribution in [3.8, 4) is 23.4 Å². The minimum atomic E-state index is -0.0464. The Morgan fingerprint density at radius 1 is 1.07 bits per heavy atom. The van der Waals surface area contributed by atoms with E-state index in [9.17, 15) is 4.79 Å². The van der Waals surface area contributed by atoms with E-state index < -0.39 is 0 Å². The van der Waals surface area contributed by atoms with Crippen molar-refractivity contribution >= 4 is 28.9 Å². The molecule has 2 aromatic carbocycles. The van der Waals surface area contributed by atoms with Gasteiger partial charge in [-0.15, -0.1) is 0 Å². The van der Waals surface area contributed by atoms with E-state index in [1.54, 1.807) is 7.11 Å². The number of fused-ring (bicyclic) bond motifs is 2. The summed E-state index contributed by atoms with van der Waals surface area (Å²) in [4.78, 5) is 30.7. The second kappa shape index (κ2) is 10.8. The van der Waals surface area contributed by atoms with E-state index in [1.165, 1.54) is 6.33 Å². The summed E-state index contributed by atoms with van der Waals surface area (Å²) in [5.41, 5.74) is 5.84. The number of carbonyl (C=O) groups is 1. The average Bonchev–Trinajstić information content (AvgIpc) is 3.29. The fraction of sp³-hybridized carbons (Fsp3) is 0.367. The van der Waals surface area contributed by atoms with Crippen LogP contribution in [0.15, 0.2) is 47.7 Å². The number of nitrogens with zero attached hydrogens (tertiary/aromatic N) is 6. The van der Waals surface area contributed by atoms with Gasteiger partial charge in [-0.05, 0) is 73.2 Å². The van der Waals surface area contributed by atoms with E-state index in [-0.39, 0.29) is 12.1 Å². The van der Waals surface area contributed by atoms with E-state index in [2.05, 4.69) is 31.2 Å². The summed E-state index contributed by atoms with van der Waals surface area (Å²) < 4.78 is 11.5. The van der Waals surface area contributed by atoms with Gasteiger partial charge in [-0.3, -0.25) is 4.99 Å². The lowest BCUT2D eigenvalue weighted by molar-refractivity contribution is 0.177. The summed E-state index contributed by atoms with van der Waals surface area (Å²) in [5.74, 6) is 2.77. The summed E-state index contributed by atoms with van der Waals surface area (Å²) >= 11 is 0. The minimum absolute atomic E-state index is 0.0464. The number of methoxy groups -OCH3 is 1. The van der Waals surface area contributed by atoms with Gasteiger partial charge in [0.1, 0.15) is 23.6 Å². The number of benzene rings is 2. The summed E-state index contributed by atoms with van der Waals surface area (Å²) in [6.45, 7) is 4.23. The van der Waals surface area contributed by atoms with Gasteiger partial charge in [0, 0.05) is 49.6 Å². The molecule has 3 aliphatic heterocycles. The first-order valence-electron chi connectivity index (χ1n) is 13.6. The van der Waals surface area contributed by atoms with Gasteiger partial charge in [0.2, 0.25) is 5.88 Å². The van der Waals surface area contributed by atoms with Crippen LogP contribution in [0.1, 0.15) is 36.0 Å². The van der Waals surface area contributed by atoms with Crippen LogP contribution in [0.25, 0.3) is 0 Å². The summed E-state index contributed by atoms with van der Waals surface area (Å²) in [7, 11) is 1.65. The van der Waals surface area contributed by atoms with Crippen LogP contribution in [-0.4, -0.2) is 59.4 Å². The fourth-order valence-electron chi connectivity index (χ4n) is 5.77. The van der Waals surface area contributed by atoms with Gasteiger partial charge < -0.3 is 24.6 Å². The van der Waals surface area contributed by atoms with Crippen molar-refractivity contribution in [1.29, 1.82) is 5.26 Å². The first-order chi connectivity index (χ1) is 19.5. The number of nitrogens with one attached hydrogen (secondary N) is 1. The highest BCUT2D eigenvalue weighted by Crippen LogP contribution is 2.36. The maximum Gasteiger partial charge on any atom is 0.322 e. The molecular formula is C30H31N7O3. The number of urea groups is 1. The number of hydrogen-bond acceptors (Lipinski definition) is 8. The molecule has 3 aromatic rings. The van der Waals surface area contributed by atoms with Crippen molar-refractivity contribution in [3.63, 3.8) is 0 Å². The Hall–Kier alpha value is -4.65. The number of amides is 2. The van der Waals surface area contributed by atoms with Crippen molar-refractivity contribution in [2.75, 3.05) is 37.0 Å². The molecule has 2 amide bonds. The molecule has 0 saturated carbocycles. The molecule has 10 heteroatoms. The molecule has 0 aliphatic carbocycles. The molecule has 0 bridgehead atoms. The van der Waals surface area contributed by atoms with Crippen LogP contribution in [0.4, 0.5) is 22.0 Å². The predicted molar refractivity (Wildman–Crippen MR) is 152 cm³/mol. The SMILES string of the molecule is COc1ccc2c(c1)CCN(C1CCN(c3cc(Oc4cc(C)c5c(c4)CC(CC#N)=N5)ncn3)CC1)C(=O)N2. The number of aryl methyl sites for hydroxylation is 1. The lowest BCUT2D eigenvalue weighted by atomic mass is 10.0. The highest BCUT2D eigenvalue weighted by atomic mass is 16.5.